The molecule has 1 aliphatic heterocycles. The maximum absolute atomic E-state index is 12.4. The zero-order chi connectivity index (χ0) is 15.5. The molecule has 6 heteroatoms. The second-order valence-electron chi connectivity index (χ2n) is 5.93. The molecule has 3 rings (SSSR count). The third kappa shape index (κ3) is 3.38. The molecule has 2 aromatic rings. The summed E-state index contributed by atoms with van der Waals surface area (Å²) in [5.74, 6) is 0.237. The molecule has 118 valence electrons. The van der Waals surface area contributed by atoms with E-state index < -0.39 is 0 Å². The minimum Gasteiger partial charge on any atom is -0.341 e. The number of rotatable bonds is 4. The largest absolute Gasteiger partial charge is 0.341 e. The summed E-state index contributed by atoms with van der Waals surface area (Å²) in [6, 6.07) is 2.41. The van der Waals surface area contributed by atoms with E-state index in [-0.39, 0.29) is 5.91 Å². The van der Waals surface area contributed by atoms with Gasteiger partial charge in [0.05, 0.1) is 16.7 Å². The minimum absolute atomic E-state index is 0.237. The standard InChI is InChI=1S/C16H22N4OS/c1-12-10-13(2)20(18-12)14-4-3-8-19(11-14)16(21)6-5-15-17-7-9-22-15/h7,9-10,14H,3-6,8,11H2,1-2H3/t14-/m1/s1. The topological polar surface area (TPSA) is 51.0 Å². The van der Waals surface area contributed by atoms with Gasteiger partial charge in [-0.25, -0.2) is 4.98 Å². The summed E-state index contributed by atoms with van der Waals surface area (Å²) in [5.41, 5.74) is 2.23. The number of thiazole rings is 1. The first-order chi connectivity index (χ1) is 10.6. The summed E-state index contributed by atoms with van der Waals surface area (Å²) in [6.07, 6.45) is 5.24. The Bertz CT molecular complexity index is 635. The molecular weight excluding hydrogens is 296 g/mol. The summed E-state index contributed by atoms with van der Waals surface area (Å²) in [6.45, 7) is 5.75. The van der Waals surface area contributed by atoms with Gasteiger partial charge in [-0.2, -0.15) is 5.10 Å². The van der Waals surface area contributed by atoms with Gasteiger partial charge < -0.3 is 4.90 Å². The van der Waals surface area contributed by atoms with Crippen LogP contribution in [-0.2, 0) is 11.2 Å². The normalized spacial score (nSPS) is 18.6. The van der Waals surface area contributed by atoms with Crippen molar-refractivity contribution in [2.24, 2.45) is 0 Å². The van der Waals surface area contributed by atoms with Gasteiger partial charge in [0.15, 0.2) is 0 Å². The molecule has 2 aromatic heterocycles. The van der Waals surface area contributed by atoms with Crippen LogP contribution < -0.4 is 0 Å². The highest BCUT2D eigenvalue weighted by atomic mass is 32.1. The lowest BCUT2D eigenvalue weighted by Gasteiger charge is -2.33. The van der Waals surface area contributed by atoms with Crippen molar-refractivity contribution in [2.75, 3.05) is 13.1 Å². The van der Waals surface area contributed by atoms with Gasteiger partial charge in [-0.3, -0.25) is 9.48 Å². The van der Waals surface area contributed by atoms with Crippen LogP contribution in [0.4, 0.5) is 0 Å². The SMILES string of the molecule is Cc1cc(C)n([C@@H]2CCCN(C(=O)CCc3nccs3)C2)n1. The highest BCUT2D eigenvalue weighted by Gasteiger charge is 2.26. The third-order valence-electron chi connectivity index (χ3n) is 4.18. The van der Waals surface area contributed by atoms with E-state index in [0.717, 1.165) is 43.1 Å². The number of piperidine rings is 1. The molecule has 1 saturated heterocycles. The summed E-state index contributed by atoms with van der Waals surface area (Å²) in [5, 5.41) is 7.58. The van der Waals surface area contributed by atoms with Crippen LogP contribution in [0.5, 0.6) is 0 Å². The highest BCUT2D eigenvalue weighted by molar-refractivity contribution is 7.09. The number of hydrogen-bond acceptors (Lipinski definition) is 4. The number of hydrogen-bond donors (Lipinski definition) is 0. The van der Waals surface area contributed by atoms with Crippen molar-refractivity contribution < 1.29 is 4.79 Å². The smallest absolute Gasteiger partial charge is 0.223 e. The first-order valence-electron chi connectivity index (χ1n) is 7.82. The average Bonchev–Trinajstić information content (AvgIpc) is 3.14. The van der Waals surface area contributed by atoms with Crippen molar-refractivity contribution in [2.45, 2.75) is 45.6 Å². The molecule has 3 heterocycles. The van der Waals surface area contributed by atoms with Crippen molar-refractivity contribution in [3.8, 4) is 0 Å². The number of aryl methyl sites for hydroxylation is 3. The molecular formula is C16H22N4OS. The number of nitrogens with zero attached hydrogens (tertiary/aromatic N) is 4. The van der Waals surface area contributed by atoms with Crippen LogP contribution in [0, 0.1) is 13.8 Å². The van der Waals surface area contributed by atoms with Gasteiger partial charge in [0.25, 0.3) is 0 Å². The van der Waals surface area contributed by atoms with Gasteiger partial charge in [-0.15, -0.1) is 11.3 Å². The second kappa shape index (κ2) is 6.60. The van der Waals surface area contributed by atoms with Gasteiger partial charge in [0.2, 0.25) is 5.91 Å². The van der Waals surface area contributed by atoms with Gasteiger partial charge in [0, 0.05) is 43.2 Å². The number of carbonyl (C=O) groups is 1. The van der Waals surface area contributed by atoms with Crippen molar-refractivity contribution in [1.82, 2.24) is 19.7 Å². The monoisotopic (exact) mass is 318 g/mol. The second-order valence-corrected chi connectivity index (χ2v) is 6.91. The molecule has 0 aliphatic carbocycles. The Morgan fingerprint density at radius 2 is 2.32 bits per heavy atom. The van der Waals surface area contributed by atoms with E-state index in [1.165, 1.54) is 5.69 Å². The zero-order valence-corrected chi connectivity index (χ0v) is 14.0. The maximum atomic E-state index is 12.4. The van der Waals surface area contributed by atoms with Crippen LogP contribution in [0.25, 0.3) is 0 Å². The van der Waals surface area contributed by atoms with Crippen molar-refractivity contribution in [1.29, 1.82) is 0 Å². The Kier molecular flexibility index (Phi) is 4.57. The molecule has 1 atom stereocenters. The Balaban J connectivity index is 1.60. The van der Waals surface area contributed by atoms with Crippen LogP contribution >= 0.6 is 11.3 Å². The predicted octanol–water partition coefficient (Wildman–Crippen LogP) is 2.75. The molecule has 1 fully saturated rings. The van der Waals surface area contributed by atoms with Gasteiger partial charge >= 0.3 is 0 Å². The van der Waals surface area contributed by atoms with Crippen LogP contribution in [-0.4, -0.2) is 38.7 Å². The Morgan fingerprint density at radius 1 is 1.45 bits per heavy atom. The van der Waals surface area contributed by atoms with Crippen molar-refractivity contribution >= 4 is 17.2 Å². The fourth-order valence-corrected chi connectivity index (χ4v) is 3.77. The van der Waals surface area contributed by atoms with Crippen molar-refractivity contribution in [3.63, 3.8) is 0 Å². The van der Waals surface area contributed by atoms with E-state index in [1.54, 1.807) is 17.5 Å². The summed E-state index contributed by atoms with van der Waals surface area (Å²) < 4.78 is 2.09. The molecule has 1 aliphatic rings. The Labute approximate surface area is 135 Å². The summed E-state index contributed by atoms with van der Waals surface area (Å²) >= 11 is 1.62. The fraction of sp³-hybridized carbons (Fsp3) is 0.562. The molecule has 5 nitrogen and oxygen atoms in total. The zero-order valence-electron chi connectivity index (χ0n) is 13.2. The minimum atomic E-state index is 0.237. The fourth-order valence-electron chi connectivity index (χ4n) is 3.15. The number of carbonyl (C=O) groups excluding carboxylic acids is 1. The molecule has 0 N–H and O–H groups in total. The molecule has 0 aromatic carbocycles. The molecule has 0 saturated carbocycles. The number of amides is 1. The van der Waals surface area contributed by atoms with E-state index in [1.807, 2.05) is 17.2 Å². The molecule has 0 radical (unpaired) electrons. The van der Waals surface area contributed by atoms with Gasteiger partial charge in [-0.1, -0.05) is 0 Å². The molecule has 22 heavy (non-hydrogen) atoms. The van der Waals surface area contributed by atoms with E-state index in [0.29, 0.717) is 12.5 Å². The molecule has 0 unspecified atom stereocenters. The highest BCUT2D eigenvalue weighted by Crippen LogP contribution is 2.23. The third-order valence-corrected chi connectivity index (χ3v) is 5.02. The quantitative estimate of drug-likeness (QED) is 0.871. The van der Waals surface area contributed by atoms with Gasteiger partial charge in [-0.05, 0) is 32.8 Å². The first kappa shape index (κ1) is 15.2. The van der Waals surface area contributed by atoms with Crippen molar-refractivity contribution in [3.05, 3.63) is 34.0 Å². The van der Waals surface area contributed by atoms with E-state index in [9.17, 15) is 4.79 Å². The molecule has 1 amide bonds. The maximum Gasteiger partial charge on any atom is 0.223 e. The Hall–Kier alpha value is -1.69. The van der Waals surface area contributed by atoms with Crippen LogP contribution in [0.3, 0.4) is 0 Å². The predicted molar refractivity (Wildman–Crippen MR) is 87.0 cm³/mol. The first-order valence-corrected chi connectivity index (χ1v) is 8.70. The Morgan fingerprint density at radius 3 is 3.00 bits per heavy atom. The lowest BCUT2D eigenvalue weighted by molar-refractivity contribution is -0.132. The van der Waals surface area contributed by atoms with E-state index >= 15 is 0 Å². The van der Waals surface area contributed by atoms with Crippen LogP contribution in [0.2, 0.25) is 0 Å². The van der Waals surface area contributed by atoms with Crippen LogP contribution in [0.1, 0.15) is 41.7 Å². The number of aromatic nitrogens is 3. The molecule has 0 bridgehead atoms. The van der Waals surface area contributed by atoms with Crippen LogP contribution in [0.15, 0.2) is 17.6 Å². The average molecular weight is 318 g/mol. The molecule has 0 spiro atoms. The lowest BCUT2D eigenvalue weighted by Crippen LogP contribution is -2.41. The van der Waals surface area contributed by atoms with E-state index in [4.69, 9.17) is 0 Å². The summed E-state index contributed by atoms with van der Waals surface area (Å²) in [7, 11) is 0. The number of likely N-dealkylation sites (tertiary alicyclic amines) is 1. The summed E-state index contributed by atoms with van der Waals surface area (Å²) in [4.78, 5) is 18.7. The lowest BCUT2D eigenvalue weighted by atomic mass is 10.0. The van der Waals surface area contributed by atoms with E-state index in [2.05, 4.69) is 27.8 Å². The van der Waals surface area contributed by atoms with Gasteiger partial charge in [0.1, 0.15) is 0 Å².